The Morgan fingerprint density at radius 2 is 1.93 bits per heavy atom. The van der Waals surface area contributed by atoms with Gasteiger partial charge < -0.3 is 0 Å². The van der Waals surface area contributed by atoms with Crippen LogP contribution < -0.4 is 9.73 Å². The highest BCUT2D eigenvalue weighted by molar-refractivity contribution is 7.92. The highest BCUT2D eigenvalue weighted by Gasteiger charge is 2.21. The van der Waals surface area contributed by atoms with E-state index in [0.717, 1.165) is 27.9 Å². The molecule has 0 spiro atoms. The number of nitrogens with one attached hydrogen (secondary N) is 1. The molecule has 154 valence electrons. The molecular weight excluding hydrogens is 420 g/mol. The fourth-order valence-corrected chi connectivity index (χ4v) is 3.38. The Labute approximate surface area is 173 Å². The summed E-state index contributed by atoms with van der Waals surface area (Å²) in [5.41, 5.74) is 4.49. The van der Waals surface area contributed by atoms with Crippen LogP contribution in [0.1, 0.15) is 16.7 Å². The molecule has 1 N–H and O–H groups in total. The standard InChI is InChI=1S/C18H19ClN4O5S/c1-12-4-5-15(8-13(12)2)22(29(3,27)28)11-18(24)21-20-10-14-9-16(23(25)26)6-7-17(14)19/h4-10H,11H2,1-3H3,(H,21,24)/b20-10-. The van der Waals surface area contributed by atoms with E-state index in [0.29, 0.717) is 5.69 Å². The van der Waals surface area contributed by atoms with Gasteiger partial charge in [0, 0.05) is 22.7 Å². The number of hydrogen-bond donors (Lipinski definition) is 1. The van der Waals surface area contributed by atoms with Crippen LogP contribution in [0.3, 0.4) is 0 Å². The van der Waals surface area contributed by atoms with Gasteiger partial charge in [-0.3, -0.25) is 19.2 Å². The number of rotatable bonds is 7. The van der Waals surface area contributed by atoms with Gasteiger partial charge >= 0.3 is 0 Å². The lowest BCUT2D eigenvalue weighted by Crippen LogP contribution is -2.39. The Bertz CT molecular complexity index is 1090. The van der Waals surface area contributed by atoms with Crippen molar-refractivity contribution in [2.45, 2.75) is 13.8 Å². The maximum absolute atomic E-state index is 12.2. The minimum atomic E-state index is -3.72. The molecule has 0 saturated heterocycles. The molecule has 0 atom stereocenters. The minimum absolute atomic E-state index is 0.180. The number of hydrazone groups is 1. The van der Waals surface area contributed by atoms with Crippen molar-refractivity contribution >= 4 is 45.1 Å². The van der Waals surface area contributed by atoms with Crippen molar-refractivity contribution in [1.29, 1.82) is 0 Å². The third-order valence-corrected chi connectivity index (χ3v) is 5.53. The smallest absolute Gasteiger partial charge is 0.270 e. The lowest BCUT2D eigenvalue weighted by Gasteiger charge is -2.22. The first-order chi connectivity index (χ1) is 13.5. The summed E-state index contributed by atoms with van der Waals surface area (Å²) in [5, 5.41) is 14.7. The van der Waals surface area contributed by atoms with Gasteiger partial charge in [0.1, 0.15) is 6.54 Å². The quantitative estimate of drug-likeness (QED) is 0.404. The summed E-state index contributed by atoms with van der Waals surface area (Å²) in [7, 11) is -3.72. The summed E-state index contributed by atoms with van der Waals surface area (Å²) < 4.78 is 25.2. The van der Waals surface area contributed by atoms with E-state index in [4.69, 9.17) is 11.6 Å². The molecule has 2 aromatic rings. The molecule has 2 rings (SSSR count). The molecule has 0 radical (unpaired) electrons. The van der Waals surface area contributed by atoms with E-state index in [9.17, 15) is 23.3 Å². The zero-order valence-corrected chi connectivity index (χ0v) is 17.5. The summed E-state index contributed by atoms with van der Waals surface area (Å²) in [6.07, 6.45) is 2.15. The number of carbonyl (C=O) groups excluding carboxylic acids is 1. The number of anilines is 1. The number of nitrogens with zero attached hydrogens (tertiary/aromatic N) is 3. The molecule has 0 aliphatic rings. The van der Waals surface area contributed by atoms with E-state index in [-0.39, 0.29) is 16.3 Å². The van der Waals surface area contributed by atoms with Crippen LogP contribution in [0.2, 0.25) is 5.02 Å². The van der Waals surface area contributed by atoms with Gasteiger partial charge in [-0.1, -0.05) is 17.7 Å². The molecule has 0 unspecified atom stereocenters. The third kappa shape index (κ3) is 6.00. The second-order valence-electron chi connectivity index (χ2n) is 6.29. The van der Waals surface area contributed by atoms with Crippen LogP contribution in [0, 0.1) is 24.0 Å². The molecule has 0 aliphatic heterocycles. The monoisotopic (exact) mass is 438 g/mol. The number of aryl methyl sites for hydroxylation is 2. The van der Waals surface area contributed by atoms with Gasteiger partial charge in [-0.25, -0.2) is 13.8 Å². The van der Waals surface area contributed by atoms with Crippen molar-refractivity contribution in [3.05, 3.63) is 68.2 Å². The molecule has 11 heteroatoms. The van der Waals surface area contributed by atoms with E-state index >= 15 is 0 Å². The molecule has 0 heterocycles. The SMILES string of the molecule is Cc1ccc(N(CC(=O)N/N=C\c2cc([N+](=O)[O-])ccc2Cl)S(C)(=O)=O)cc1C. The summed E-state index contributed by atoms with van der Waals surface area (Å²) in [4.78, 5) is 22.4. The topological polar surface area (TPSA) is 122 Å². The summed E-state index contributed by atoms with van der Waals surface area (Å²) >= 11 is 5.95. The van der Waals surface area contributed by atoms with Crippen LogP contribution in [0.15, 0.2) is 41.5 Å². The van der Waals surface area contributed by atoms with Gasteiger partial charge in [0.25, 0.3) is 11.6 Å². The van der Waals surface area contributed by atoms with Crippen LogP contribution in [0.4, 0.5) is 11.4 Å². The number of sulfonamides is 1. The molecule has 0 fully saturated rings. The number of hydrogen-bond acceptors (Lipinski definition) is 6. The normalized spacial score (nSPS) is 11.4. The van der Waals surface area contributed by atoms with Crippen LogP contribution in [0.5, 0.6) is 0 Å². The molecule has 29 heavy (non-hydrogen) atoms. The van der Waals surface area contributed by atoms with Gasteiger partial charge in [-0.15, -0.1) is 0 Å². The number of carbonyl (C=O) groups is 1. The van der Waals surface area contributed by atoms with Crippen LogP contribution in [-0.2, 0) is 14.8 Å². The van der Waals surface area contributed by atoms with Crippen molar-refractivity contribution in [3.63, 3.8) is 0 Å². The van der Waals surface area contributed by atoms with Crippen molar-refractivity contribution in [1.82, 2.24) is 5.43 Å². The average molecular weight is 439 g/mol. The Balaban J connectivity index is 2.15. The first-order valence-electron chi connectivity index (χ1n) is 8.30. The van der Waals surface area contributed by atoms with Crippen LogP contribution in [-0.4, -0.2) is 38.3 Å². The highest BCUT2D eigenvalue weighted by Crippen LogP contribution is 2.22. The van der Waals surface area contributed by atoms with E-state index < -0.39 is 27.4 Å². The number of halogens is 1. The van der Waals surface area contributed by atoms with Crippen LogP contribution in [0.25, 0.3) is 0 Å². The number of nitro benzene ring substituents is 1. The van der Waals surface area contributed by atoms with Crippen molar-refractivity contribution in [3.8, 4) is 0 Å². The molecular formula is C18H19ClN4O5S. The predicted octanol–water partition coefficient (Wildman–Crippen LogP) is 2.78. The molecule has 2 aromatic carbocycles. The van der Waals surface area contributed by atoms with E-state index in [2.05, 4.69) is 10.5 Å². The number of nitro groups is 1. The second-order valence-corrected chi connectivity index (χ2v) is 8.61. The molecule has 0 aromatic heterocycles. The Hall–Kier alpha value is -2.98. The van der Waals surface area contributed by atoms with Crippen molar-refractivity contribution in [2.24, 2.45) is 5.10 Å². The van der Waals surface area contributed by atoms with Gasteiger partial charge in [0.2, 0.25) is 10.0 Å². The van der Waals surface area contributed by atoms with Gasteiger partial charge in [-0.2, -0.15) is 5.10 Å². The maximum atomic E-state index is 12.2. The first kappa shape index (κ1) is 22.3. The summed E-state index contributed by atoms with van der Waals surface area (Å²) in [6.45, 7) is 3.25. The molecule has 0 saturated carbocycles. The maximum Gasteiger partial charge on any atom is 0.270 e. The predicted molar refractivity (Wildman–Crippen MR) is 112 cm³/mol. The average Bonchev–Trinajstić information content (AvgIpc) is 2.62. The first-order valence-corrected chi connectivity index (χ1v) is 10.5. The zero-order valence-electron chi connectivity index (χ0n) is 15.9. The van der Waals surface area contributed by atoms with Gasteiger partial charge in [-0.05, 0) is 43.2 Å². The van der Waals surface area contributed by atoms with Gasteiger partial charge in [0.05, 0.1) is 23.1 Å². The summed E-state index contributed by atoms with van der Waals surface area (Å²) in [6, 6.07) is 8.84. The number of non-ortho nitro benzene ring substituents is 1. The highest BCUT2D eigenvalue weighted by atomic mass is 35.5. The van der Waals surface area contributed by atoms with Crippen molar-refractivity contribution in [2.75, 3.05) is 17.1 Å². The third-order valence-electron chi connectivity index (χ3n) is 4.05. The Kier molecular flexibility index (Phi) is 6.93. The minimum Gasteiger partial charge on any atom is -0.271 e. The van der Waals surface area contributed by atoms with E-state index in [1.807, 2.05) is 13.8 Å². The molecule has 0 bridgehead atoms. The fraction of sp³-hybridized carbons (Fsp3) is 0.222. The second kappa shape index (κ2) is 9.01. The number of benzene rings is 2. The van der Waals surface area contributed by atoms with Crippen molar-refractivity contribution < 1.29 is 18.1 Å². The lowest BCUT2D eigenvalue weighted by molar-refractivity contribution is -0.384. The summed E-state index contributed by atoms with van der Waals surface area (Å²) in [5.74, 6) is -0.688. The van der Waals surface area contributed by atoms with E-state index in [1.165, 1.54) is 18.2 Å². The molecule has 0 aliphatic carbocycles. The number of amides is 1. The van der Waals surface area contributed by atoms with Gasteiger partial charge in [0.15, 0.2) is 0 Å². The Morgan fingerprint density at radius 3 is 2.52 bits per heavy atom. The molecule has 9 nitrogen and oxygen atoms in total. The largest absolute Gasteiger partial charge is 0.271 e. The lowest BCUT2D eigenvalue weighted by atomic mass is 10.1. The zero-order chi connectivity index (χ0) is 21.8. The van der Waals surface area contributed by atoms with E-state index in [1.54, 1.807) is 18.2 Å². The Morgan fingerprint density at radius 1 is 1.24 bits per heavy atom. The fourth-order valence-electron chi connectivity index (χ4n) is 2.36. The van der Waals surface area contributed by atoms with Crippen LogP contribution >= 0.6 is 11.6 Å². The molecule has 1 amide bonds.